The number of esters is 4. The van der Waals surface area contributed by atoms with Gasteiger partial charge in [-0.2, -0.15) is 0 Å². The Balaban J connectivity index is 2.12. The molecule has 2 unspecified atom stereocenters. The topological polar surface area (TPSA) is 167 Å². The zero-order valence-electron chi connectivity index (χ0n) is 36.5. The van der Waals surface area contributed by atoms with Crippen LogP contribution in [-0.4, -0.2) is 87.1 Å². The van der Waals surface area contributed by atoms with Gasteiger partial charge in [-0.3, -0.25) is 19.2 Å². The molecule has 5 N–H and O–H groups in total. The van der Waals surface area contributed by atoms with Crippen LogP contribution in [0, 0.1) is 17.8 Å². The van der Waals surface area contributed by atoms with Crippen molar-refractivity contribution in [3.8, 4) is 0 Å². The molecule has 0 saturated carbocycles. The van der Waals surface area contributed by atoms with E-state index in [2.05, 4.69) is 16.0 Å². The Hall–Kier alpha value is -2.28. The van der Waals surface area contributed by atoms with Crippen LogP contribution in [0.25, 0.3) is 0 Å². The van der Waals surface area contributed by atoms with Gasteiger partial charge < -0.3 is 40.6 Å². The third kappa shape index (κ3) is 14.3. The van der Waals surface area contributed by atoms with Crippen LogP contribution in [0.5, 0.6) is 0 Å². The van der Waals surface area contributed by atoms with E-state index in [0.717, 1.165) is 0 Å². The average Bonchev–Trinajstić information content (AvgIpc) is 2.83. The molecule has 0 radical (unpaired) electrons. The van der Waals surface area contributed by atoms with Crippen LogP contribution in [0.4, 0.5) is 0 Å². The van der Waals surface area contributed by atoms with Crippen molar-refractivity contribution in [3.05, 3.63) is 0 Å². The number of hydrogen-bond donors (Lipinski definition) is 4. The highest BCUT2D eigenvalue weighted by Crippen LogP contribution is 2.36. The Morgan fingerprint density at radius 2 is 0.815 bits per heavy atom. The zero-order chi connectivity index (χ0) is 41.5. The third-order valence-corrected chi connectivity index (χ3v) is 10.4. The Bertz CT molecular complexity index is 1160. The molecule has 3 aliphatic rings. The summed E-state index contributed by atoms with van der Waals surface area (Å²) in [6.45, 7) is 31.9. The van der Waals surface area contributed by atoms with Crippen molar-refractivity contribution >= 4 is 23.9 Å². The summed E-state index contributed by atoms with van der Waals surface area (Å²) in [6.07, 6.45) is 1.04. The van der Waals surface area contributed by atoms with Gasteiger partial charge in [0.15, 0.2) is 11.8 Å². The number of carbonyl (C=O) groups is 4. The maximum Gasteiger partial charge on any atom is 0.322 e. The van der Waals surface area contributed by atoms with Gasteiger partial charge in [-0.15, -0.1) is 0 Å². The lowest BCUT2D eigenvalue weighted by atomic mass is 9.80. The van der Waals surface area contributed by atoms with Gasteiger partial charge in [-0.05, 0) is 109 Å². The van der Waals surface area contributed by atoms with Crippen LogP contribution in [0.15, 0.2) is 0 Å². The standard InChI is InChI=1S/C42H76N4O8/c1-25(2)17-26(18-36(3,4)43)51-32(47)30(33(48)52-27-19-37(5,6)44-38(7,8)20-27)31(34(49)53-28-21-39(9,10)45-40(11,12)22-28)35(50)54-29-23-41(13,14)46-42(15,16)24-29/h25-31,44-46H,17-24,43H2,1-16H3. The highest BCUT2D eigenvalue weighted by molar-refractivity contribution is 6.07. The van der Waals surface area contributed by atoms with E-state index in [-0.39, 0.29) is 28.1 Å². The van der Waals surface area contributed by atoms with Crippen LogP contribution >= 0.6 is 0 Å². The van der Waals surface area contributed by atoms with Gasteiger partial charge >= 0.3 is 23.9 Å². The molecule has 0 aliphatic carbocycles. The third-order valence-electron chi connectivity index (χ3n) is 10.4. The second kappa shape index (κ2) is 16.3. The molecule has 3 heterocycles. The van der Waals surface area contributed by atoms with Crippen molar-refractivity contribution in [1.29, 1.82) is 0 Å². The highest BCUT2D eigenvalue weighted by Gasteiger charge is 2.53. The molecule has 12 heteroatoms. The smallest absolute Gasteiger partial charge is 0.322 e. The van der Waals surface area contributed by atoms with Gasteiger partial charge in [-0.25, -0.2) is 0 Å². The number of carbonyl (C=O) groups excluding carboxylic acids is 4. The molecule has 0 aromatic heterocycles. The fourth-order valence-corrected chi connectivity index (χ4v) is 9.91. The fourth-order valence-electron chi connectivity index (χ4n) is 9.91. The molecular formula is C42H76N4O8. The van der Waals surface area contributed by atoms with Gasteiger partial charge in [0.05, 0.1) is 0 Å². The van der Waals surface area contributed by atoms with Crippen molar-refractivity contribution in [1.82, 2.24) is 16.0 Å². The van der Waals surface area contributed by atoms with Gasteiger partial charge in [0.1, 0.15) is 24.4 Å². The SMILES string of the molecule is CC(C)CC(CC(C)(C)N)OC(=O)C(C(=O)OC1CC(C)(C)NC(C)(C)C1)C(C(=O)OC1CC(C)(C)NC(C)(C)C1)C(=O)OC1CC(C)(C)NC(C)(C)C1. The quantitative estimate of drug-likeness (QED) is 0.100. The van der Waals surface area contributed by atoms with E-state index in [1.54, 1.807) is 0 Å². The molecule has 54 heavy (non-hydrogen) atoms. The summed E-state index contributed by atoms with van der Waals surface area (Å²) in [6, 6.07) is 0. The average molecular weight is 765 g/mol. The van der Waals surface area contributed by atoms with Gasteiger partial charge in [0.25, 0.3) is 0 Å². The van der Waals surface area contributed by atoms with Gasteiger partial charge in [0.2, 0.25) is 0 Å². The Kier molecular flexibility index (Phi) is 13.9. The number of ether oxygens (including phenoxy) is 4. The fraction of sp³-hybridized carbons (Fsp3) is 0.905. The maximum absolute atomic E-state index is 14.6. The number of piperidine rings is 3. The van der Waals surface area contributed by atoms with Gasteiger partial charge in [0, 0.05) is 83.7 Å². The van der Waals surface area contributed by atoms with E-state index in [9.17, 15) is 19.2 Å². The summed E-state index contributed by atoms with van der Waals surface area (Å²) >= 11 is 0. The lowest BCUT2D eigenvalue weighted by Gasteiger charge is -2.47. The molecule has 12 nitrogen and oxygen atoms in total. The number of hydrogen-bond acceptors (Lipinski definition) is 12. The van der Waals surface area contributed by atoms with Crippen molar-refractivity contribution in [2.75, 3.05) is 0 Å². The summed E-state index contributed by atoms with van der Waals surface area (Å²) in [7, 11) is 0. The first-order chi connectivity index (χ1) is 24.2. The first-order valence-electron chi connectivity index (χ1n) is 20.2. The first kappa shape index (κ1) is 46.1. The second-order valence-electron chi connectivity index (χ2n) is 21.9. The van der Waals surface area contributed by atoms with Crippen molar-refractivity contribution in [3.63, 3.8) is 0 Å². The molecule has 0 aromatic carbocycles. The molecule has 3 aliphatic heterocycles. The first-order valence-corrected chi connectivity index (χ1v) is 20.2. The Morgan fingerprint density at radius 1 is 0.556 bits per heavy atom. The molecule has 0 aromatic rings. The zero-order valence-corrected chi connectivity index (χ0v) is 36.5. The van der Waals surface area contributed by atoms with Gasteiger partial charge in [-0.1, -0.05) is 13.8 Å². The largest absolute Gasteiger partial charge is 0.462 e. The monoisotopic (exact) mass is 765 g/mol. The Labute approximate surface area is 326 Å². The number of rotatable bonds is 13. The van der Waals surface area contributed by atoms with Crippen molar-refractivity contribution in [2.24, 2.45) is 23.5 Å². The molecule has 3 saturated heterocycles. The van der Waals surface area contributed by atoms with Crippen LogP contribution in [0.1, 0.15) is 162 Å². The second-order valence-corrected chi connectivity index (χ2v) is 21.9. The summed E-state index contributed by atoms with van der Waals surface area (Å²) in [4.78, 5) is 58.4. The predicted molar refractivity (Wildman–Crippen MR) is 210 cm³/mol. The molecule has 2 atom stereocenters. The van der Waals surface area contributed by atoms with Crippen molar-refractivity contribution in [2.45, 2.75) is 225 Å². The van der Waals surface area contributed by atoms with Crippen molar-refractivity contribution < 1.29 is 38.1 Å². The summed E-state index contributed by atoms with van der Waals surface area (Å²) in [5.41, 5.74) is 3.36. The van der Waals surface area contributed by atoms with E-state index < -0.39 is 76.7 Å². The Morgan fingerprint density at radius 3 is 1.06 bits per heavy atom. The number of nitrogens with two attached hydrogens (primary N) is 1. The summed E-state index contributed by atoms with van der Waals surface area (Å²) in [5.74, 6) is -7.85. The minimum Gasteiger partial charge on any atom is -0.462 e. The lowest BCUT2D eigenvalue weighted by Crippen LogP contribution is -2.61. The van der Waals surface area contributed by atoms with E-state index >= 15 is 0 Å². The molecule has 3 rings (SSSR count). The maximum atomic E-state index is 14.6. The minimum atomic E-state index is -1.97. The van der Waals surface area contributed by atoms with Crippen LogP contribution in [0.3, 0.4) is 0 Å². The van der Waals surface area contributed by atoms with Crippen LogP contribution < -0.4 is 21.7 Å². The number of nitrogens with one attached hydrogen (secondary N) is 3. The molecule has 0 spiro atoms. The summed E-state index contributed by atoms with van der Waals surface area (Å²) in [5, 5.41) is 10.7. The van der Waals surface area contributed by atoms with E-state index in [1.807, 2.05) is 111 Å². The lowest BCUT2D eigenvalue weighted by molar-refractivity contribution is -0.190. The normalized spacial score (nSPS) is 25.0. The molecule has 0 amide bonds. The van der Waals surface area contributed by atoms with E-state index in [4.69, 9.17) is 24.7 Å². The van der Waals surface area contributed by atoms with Crippen LogP contribution in [0.2, 0.25) is 0 Å². The highest BCUT2D eigenvalue weighted by atomic mass is 16.6. The molecule has 0 bridgehead atoms. The molecule has 3 fully saturated rings. The predicted octanol–water partition coefficient (Wildman–Crippen LogP) is 5.86. The molecule has 312 valence electrons. The van der Waals surface area contributed by atoms with E-state index in [1.165, 1.54) is 0 Å². The summed E-state index contributed by atoms with van der Waals surface area (Å²) < 4.78 is 24.6. The van der Waals surface area contributed by atoms with Crippen LogP contribution in [-0.2, 0) is 38.1 Å². The molecular weight excluding hydrogens is 688 g/mol. The minimum absolute atomic E-state index is 0.124. The van der Waals surface area contributed by atoms with E-state index in [0.29, 0.717) is 51.4 Å².